The van der Waals surface area contributed by atoms with Gasteiger partial charge in [0, 0.05) is 25.2 Å². The smallest absolute Gasteiger partial charge is 0.270 e. The molecule has 7 nitrogen and oxygen atoms in total. The summed E-state index contributed by atoms with van der Waals surface area (Å²) in [7, 11) is 0. The zero-order chi connectivity index (χ0) is 14.4. The molecule has 104 valence electrons. The number of amides is 1. The molecule has 0 atom stereocenters. The highest BCUT2D eigenvalue weighted by Crippen LogP contribution is 2.18. The SMILES string of the molecule is O=C(c1cc([N+](=O)[O-])ccc1F)N(CCO)CCO. The van der Waals surface area contributed by atoms with Crippen LogP contribution >= 0.6 is 0 Å². The summed E-state index contributed by atoms with van der Waals surface area (Å²) >= 11 is 0. The molecule has 8 heteroatoms. The van der Waals surface area contributed by atoms with Crippen LogP contribution in [0.5, 0.6) is 0 Å². The van der Waals surface area contributed by atoms with Crippen LogP contribution in [-0.4, -0.2) is 52.2 Å². The third-order valence-corrected chi connectivity index (χ3v) is 2.42. The topological polar surface area (TPSA) is 104 Å². The highest BCUT2D eigenvalue weighted by molar-refractivity contribution is 5.95. The minimum atomic E-state index is -0.892. The first kappa shape index (κ1) is 15.0. The van der Waals surface area contributed by atoms with Gasteiger partial charge in [0.05, 0.1) is 23.7 Å². The van der Waals surface area contributed by atoms with E-state index in [1.54, 1.807) is 0 Å². The van der Waals surface area contributed by atoms with E-state index in [4.69, 9.17) is 10.2 Å². The van der Waals surface area contributed by atoms with Crippen molar-refractivity contribution in [1.82, 2.24) is 4.90 Å². The fraction of sp³-hybridized carbons (Fsp3) is 0.364. The highest BCUT2D eigenvalue weighted by atomic mass is 19.1. The minimum Gasteiger partial charge on any atom is -0.395 e. The Kier molecular flexibility index (Phi) is 5.34. The molecule has 19 heavy (non-hydrogen) atoms. The Morgan fingerprint density at radius 1 is 1.32 bits per heavy atom. The largest absolute Gasteiger partial charge is 0.395 e. The number of hydrogen-bond acceptors (Lipinski definition) is 5. The van der Waals surface area contributed by atoms with Crippen molar-refractivity contribution in [2.45, 2.75) is 0 Å². The quantitative estimate of drug-likeness (QED) is 0.567. The van der Waals surface area contributed by atoms with Gasteiger partial charge < -0.3 is 15.1 Å². The molecule has 1 amide bonds. The average molecular weight is 272 g/mol. The van der Waals surface area contributed by atoms with E-state index in [0.717, 1.165) is 23.1 Å². The molecule has 0 aliphatic heterocycles. The normalized spacial score (nSPS) is 10.3. The summed E-state index contributed by atoms with van der Waals surface area (Å²) < 4.78 is 13.5. The second-order valence-corrected chi connectivity index (χ2v) is 3.66. The van der Waals surface area contributed by atoms with Crippen LogP contribution in [0.4, 0.5) is 10.1 Å². The van der Waals surface area contributed by atoms with Crippen LogP contribution < -0.4 is 0 Å². The zero-order valence-corrected chi connectivity index (χ0v) is 9.95. The molecular formula is C11H13FN2O5. The molecule has 0 saturated heterocycles. The zero-order valence-electron chi connectivity index (χ0n) is 9.95. The molecule has 0 unspecified atom stereocenters. The van der Waals surface area contributed by atoms with E-state index < -0.39 is 27.9 Å². The van der Waals surface area contributed by atoms with Crippen molar-refractivity contribution in [2.24, 2.45) is 0 Å². The van der Waals surface area contributed by atoms with Crippen molar-refractivity contribution >= 4 is 11.6 Å². The van der Waals surface area contributed by atoms with Gasteiger partial charge in [-0.1, -0.05) is 0 Å². The van der Waals surface area contributed by atoms with Gasteiger partial charge in [-0.05, 0) is 6.07 Å². The number of nitro groups is 1. The van der Waals surface area contributed by atoms with E-state index in [2.05, 4.69) is 0 Å². The molecule has 0 fully saturated rings. The van der Waals surface area contributed by atoms with Crippen LogP contribution in [0.25, 0.3) is 0 Å². The van der Waals surface area contributed by atoms with Crippen molar-refractivity contribution in [3.8, 4) is 0 Å². The van der Waals surface area contributed by atoms with E-state index >= 15 is 0 Å². The van der Waals surface area contributed by atoms with Gasteiger partial charge in [0.2, 0.25) is 0 Å². The van der Waals surface area contributed by atoms with E-state index in [1.807, 2.05) is 0 Å². The van der Waals surface area contributed by atoms with Crippen molar-refractivity contribution in [3.63, 3.8) is 0 Å². The standard InChI is InChI=1S/C11H13FN2O5/c12-10-2-1-8(14(18)19)7-9(10)11(17)13(3-5-15)4-6-16/h1-2,7,15-16H,3-6H2. The number of non-ortho nitro benzene ring substituents is 1. The van der Waals surface area contributed by atoms with Crippen molar-refractivity contribution in [1.29, 1.82) is 0 Å². The number of hydrogen-bond donors (Lipinski definition) is 2. The van der Waals surface area contributed by atoms with Crippen LogP contribution in [0.15, 0.2) is 18.2 Å². The number of nitro benzene ring substituents is 1. The number of aliphatic hydroxyl groups is 2. The summed E-state index contributed by atoms with van der Waals surface area (Å²) in [4.78, 5) is 22.8. The summed E-state index contributed by atoms with van der Waals surface area (Å²) in [6.45, 7) is -0.909. The fourth-order valence-electron chi connectivity index (χ4n) is 1.52. The van der Waals surface area contributed by atoms with Gasteiger partial charge >= 0.3 is 0 Å². The first-order valence-corrected chi connectivity index (χ1v) is 5.46. The number of carbonyl (C=O) groups excluding carboxylic acids is 1. The summed E-state index contributed by atoms with van der Waals surface area (Å²) in [6, 6.07) is 2.62. The second kappa shape index (κ2) is 6.76. The lowest BCUT2D eigenvalue weighted by Gasteiger charge is -2.20. The van der Waals surface area contributed by atoms with Crippen LogP contribution in [0.1, 0.15) is 10.4 Å². The molecule has 0 spiro atoms. The summed E-state index contributed by atoms with van der Waals surface area (Å²) in [5, 5.41) is 28.2. The third-order valence-electron chi connectivity index (χ3n) is 2.42. The Labute approximate surface area is 108 Å². The molecule has 2 N–H and O–H groups in total. The maximum absolute atomic E-state index is 13.5. The lowest BCUT2D eigenvalue weighted by atomic mass is 10.1. The number of benzene rings is 1. The van der Waals surface area contributed by atoms with Gasteiger partial charge in [0.15, 0.2) is 0 Å². The molecule has 1 aromatic rings. The first-order chi connectivity index (χ1) is 9.01. The predicted molar refractivity (Wildman–Crippen MR) is 63.1 cm³/mol. The fourth-order valence-corrected chi connectivity index (χ4v) is 1.52. The predicted octanol–water partition coefficient (Wildman–Crippen LogP) is 0.161. The van der Waals surface area contributed by atoms with Gasteiger partial charge in [-0.2, -0.15) is 0 Å². The number of nitrogens with zero attached hydrogens (tertiary/aromatic N) is 2. The Morgan fingerprint density at radius 2 is 1.89 bits per heavy atom. The third kappa shape index (κ3) is 3.70. The van der Waals surface area contributed by atoms with Gasteiger partial charge in [-0.3, -0.25) is 14.9 Å². The molecule has 1 rings (SSSR count). The molecule has 0 aliphatic rings. The number of aliphatic hydroxyl groups excluding tert-OH is 2. The van der Waals surface area contributed by atoms with Crippen LogP contribution in [0.2, 0.25) is 0 Å². The monoisotopic (exact) mass is 272 g/mol. The Balaban J connectivity index is 3.08. The van der Waals surface area contributed by atoms with E-state index in [1.165, 1.54) is 0 Å². The highest BCUT2D eigenvalue weighted by Gasteiger charge is 2.21. The molecule has 0 bridgehead atoms. The Hall–Kier alpha value is -2.06. The molecule has 0 aliphatic carbocycles. The maximum atomic E-state index is 13.5. The van der Waals surface area contributed by atoms with Gasteiger partial charge in [-0.25, -0.2) is 4.39 Å². The molecule has 0 saturated carbocycles. The maximum Gasteiger partial charge on any atom is 0.270 e. The number of carbonyl (C=O) groups is 1. The van der Waals surface area contributed by atoms with E-state index in [0.29, 0.717) is 0 Å². The van der Waals surface area contributed by atoms with Gasteiger partial charge in [0.1, 0.15) is 5.82 Å². The second-order valence-electron chi connectivity index (χ2n) is 3.66. The minimum absolute atomic E-state index is 0.0957. The lowest BCUT2D eigenvalue weighted by Crippen LogP contribution is -2.36. The van der Waals surface area contributed by atoms with Crippen LogP contribution in [0.3, 0.4) is 0 Å². The lowest BCUT2D eigenvalue weighted by molar-refractivity contribution is -0.384. The van der Waals surface area contributed by atoms with Crippen molar-refractivity contribution in [3.05, 3.63) is 39.7 Å². The average Bonchev–Trinajstić information content (AvgIpc) is 2.38. The summed E-state index contributed by atoms with van der Waals surface area (Å²) in [5.41, 5.74) is -0.867. The van der Waals surface area contributed by atoms with Crippen molar-refractivity contribution in [2.75, 3.05) is 26.3 Å². The van der Waals surface area contributed by atoms with E-state index in [9.17, 15) is 19.3 Å². The first-order valence-electron chi connectivity index (χ1n) is 5.46. The Morgan fingerprint density at radius 3 is 2.37 bits per heavy atom. The molecule has 1 aromatic carbocycles. The summed E-state index contributed by atoms with van der Waals surface area (Å²) in [6.07, 6.45) is 0. The van der Waals surface area contributed by atoms with Crippen molar-refractivity contribution < 1.29 is 24.3 Å². The number of rotatable bonds is 6. The number of halogens is 1. The molecule has 0 aromatic heterocycles. The van der Waals surface area contributed by atoms with Crippen LogP contribution in [-0.2, 0) is 0 Å². The summed E-state index contributed by atoms with van der Waals surface area (Å²) in [5.74, 6) is -1.71. The van der Waals surface area contributed by atoms with Crippen LogP contribution in [0, 0.1) is 15.9 Å². The Bertz CT molecular complexity index is 474. The van der Waals surface area contributed by atoms with E-state index in [-0.39, 0.29) is 26.3 Å². The van der Waals surface area contributed by atoms with Gasteiger partial charge in [0.25, 0.3) is 11.6 Å². The molecular weight excluding hydrogens is 259 g/mol. The molecule has 0 heterocycles. The van der Waals surface area contributed by atoms with Gasteiger partial charge in [-0.15, -0.1) is 0 Å². The molecule has 0 radical (unpaired) electrons.